The molecule has 2 N–H and O–H groups in total. The van der Waals surface area contributed by atoms with Gasteiger partial charge in [-0.1, -0.05) is 23.7 Å². The zero-order chi connectivity index (χ0) is 13.1. The van der Waals surface area contributed by atoms with Crippen LogP contribution in [0.3, 0.4) is 0 Å². The van der Waals surface area contributed by atoms with Gasteiger partial charge in [0, 0.05) is 17.1 Å². The van der Waals surface area contributed by atoms with Gasteiger partial charge < -0.3 is 10.5 Å². The number of hydrogen-bond donors (Lipinski definition) is 1. The molecule has 0 saturated carbocycles. The van der Waals surface area contributed by atoms with E-state index >= 15 is 0 Å². The van der Waals surface area contributed by atoms with E-state index in [9.17, 15) is 0 Å². The molecule has 0 aliphatic carbocycles. The molecule has 3 heteroatoms. The number of ether oxygens (including phenoxy) is 1. The molecule has 0 atom stereocenters. The minimum atomic E-state index is 0.361. The van der Waals surface area contributed by atoms with Crippen LogP contribution in [-0.2, 0) is 6.54 Å². The minimum Gasteiger partial charge on any atom is -0.457 e. The SMILES string of the molecule is Cc1cc(C)cc(Oc2cccc(Cl)c2CN)c1. The predicted molar refractivity (Wildman–Crippen MR) is 75.3 cm³/mol. The molecular weight excluding hydrogens is 246 g/mol. The highest BCUT2D eigenvalue weighted by Crippen LogP contribution is 2.30. The quantitative estimate of drug-likeness (QED) is 0.898. The summed E-state index contributed by atoms with van der Waals surface area (Å²) in [6, 6.07) is 11.7. The maximum Gasteiger partial charge on any atom is 0.133 e. The van der Waals surface area contributed by atoms with E-state index in [1.807, 2.05) is 44.2 Å². The number of rotatable bonds is 3. The molecule has 0 heterocycles. The number of benzene rings is 2. The Morgan fingerprint density at radius 2 is 1.78 bits per heavy atom. The van der Waals surface area contributed by atoms with Crippen molar-refractivity contribution >= 4 is 11.6 Å². The van der Waals surface area contributed by atoms with Gasteiger partial charge in [-0.05, 0) is 49.2 Å². The van der Waals surface area contributed by atoms with Crippen molar-refractivity contribution in [1.82, 2.24) is 0 Å². The van der Waals surface area contributed by atoms with E-state index in [0.717, 1.165) is 17.1 Å². The first-order valence-electron chi connectivity index (χ1n) is 5.84. The molecule has 0 bridgehead atoms. The second kappa shape index (κ2) is 5.42. The zero-order valence-electron chi connectivity index (χ0n) is 10.5. The lowest BCUT2D eigenvalue weighted by molar-refractivity contribution is 0.475. The van der Waals surface area contributed by atoms with E-state index in [4.69, 9.17) is 22.1 Å². The van der Waals surface area contributed by atoms with Crippen molar-refractivity contribution in [3.8, 4) is 11.5 Å². The van der Waals surface area contributed by atoms with Gasteiger partial charge >= 0.3 is 0 Å². The van der Waals surface area contributed by atoms with Gasteiger partial charge in [-0.3, -0.25) is 0 Å². The monoisotopic (exact) mass is 261 g/mol. The van der Waals surface area contributed by atoms with Crippen molar-refractivity contribution in [2.24, 2.45) is 5.73 Å². The highest BCUT2D eigenvalue weighted by atomic mass is 35.5. The molecule has 0 aromatic heterocycles. The lowest BCUT2D eigenvalue weighted by atomic mass is 10.1. The molecule has 2 aromatic carbocycles. The molecule has 18 heavy (non-hydrogen) atoms. The Labute approximate surface area is 112 Å². The van der Waals surface area contributed by atoms with E-state index in [2.05, 4.69) is 6.07 Å². The molecule has 2 aromatic rings. The van der Waals surface area contributed by atoms with E-state index in [1.165, 1.54) is 11.1 Å². The first-order valence-corrected chi connectivity index (χ1v) is 6.21. The summed E-state index contributed by atoms with van der Waals surface area (Å²) in [7, 11) is 0. The third kappa shape index (κ3) is 2.84. The molecule has 0 spiro atoms. The highest BCUT2D eigenvalue weighted by Gasteiger charge is 2.07. The highest BCUT2D eigenvalue weighted by molar-refractivity contribution is 6.31. The maximum atomic E-state index is 6.10. The molecule has 0 aliphatic heterocycles. The average Bonchev–Trinajstić information content (AvgIpc) is 2.27. The van der Waals surface area contributed by atoms with Crippen LogP contribution >= 0.6 is 11.6 Å². The van der Waals surface area contributed by atoms with Crippen LogP contribution in [0.2, 0.25) is 5.02 Å². The van der Waals surface area contributed by atoms with Crippen LogP contribution in [0, 0.1) is 13.8 Å². The molecule has 0 fully saturated rings. The van der Waals surface area contributed by atoms with Gasteiger partial charge in [-0.25, -0.2) is 0 Å². The molecular formula is C15H16ClNO. The standard InChI is InChI=1S/C15H16ClNO/c1-10-6-11(2)8-12(7-10)18-15-5-3-4-14(16)13(15)9-17/h3-8H,9,17H2,1-2H3. The van der Waals surface area contributed by atoms with Crippen molar-refractivity contribution in [2.45, 2.75) is 20.4 Å². The molecule has 0 saturated heterocycles. The fourth-order valence-corrected chi connectivity index (χ4v) is 2.19. The predicted octanol–water partition coefficient (Wildman–Crippen LogP) is 4.21. The Morgan fingerprint density at radius 3 is 2.39 bits per heavy atom. The average molecular weight is 262 g/mol. The summed E-state index contributed by atoms with van der Waals surface area (Å²) in [4.78, 5) is 0. The van der Waals surface area contributed by atoms with Gasteiger partial charge in [0.05, 0.1) is 0 Å². The summed E-state index contributed by atoms with van der Waals surface area (Å²) in [5.74, 6) is 1.53. The number of halogens is 1. The smallest absolute Gasteiger partial charge is 0.133 e. The Hall–Kier alpha value is -1.51. The van der Waals surface area contributed by atoms with Crippen LogP contribution in [0.5, 0.6) is 11.5 Å². The van der Waals surface area contributed by atoms with Gasteiger partial charge in [0.25, 0.3) is 0 Å². The first-order chi connectivity index (χ1) is 8.60. The van der Waals surface area contributed by atoms with Crippen molar-refractivity contribution in [2.75, 3.05) is 0 Å². The normalized spacial score (nSPS) is 10.4. The largest absolute Gasteiger partial charge is 0.457 e. The van der Waals surface area contributed by atoms with Gasteiger partial charge in [0.1, 0.15) is 11.5 Å². The van der Waals surface area contributed by atoms with E-state index < -0.39 is 0 Å². The lowest BCUT2D eigenvalue weighted by Crippen LogP contribution is -2.00. The van der Waals surface area contributed by atoms with Crippen LogP contribution in [0.4, 0.5) is 0 Å². The third-order valence-corrected chi connectivity index (χ3v) is 3.06. The number of hydrogen-bond acceptors (Lipinski definition) is 2. The minimum absolute atomic E-state index is 0.361. The molecule has 0 radical (unpaired) electrons. The summed E-state index contributed by atoms with van der Waals surface area (Å²) < 4.78 is 5.88. The molecule has 0 amide bonds. The van der Waals surface area contributed by atoms with E-state index in [-0.39, 0.29) is 0 Å². The maximum absolute atomic E-state index is 6.10. The van der Waals surface area contributed by atoms with Crippen LogP contribution in [0.15, 0.2) is 36.4 Å². The fourth-order valence-electron chi connectivity index (χ4n) is 1.95. The molecule has 0 aliphatic rings. The van der Waals surface area contributed by atoms with Crippen LogP contribution in [0.25, 0.3) is 0 Å². The second-order valence-electron chi connectivity index (χ2n) is 4.35. The van der Waals surface area contributed by atoms with Crippen molar-refractivity contribution in [3.05, 3.63) is 58.1 Å². The van der Waals surface area contributed by atoms with Crippen LogP contribution < -0.4 is 10.5 Å². The van der Waals surface area contributed by atoms with Gasteiger partial charge in [0.15, 0.2) is 0 Å². The van der Waals surface area contributed by atoms with Crippen LogP contribution in [0.1, 0.15) is 16.7 Å². The van der Waals surface area contributed by atoms with E-state index in [0.29, 0.717) is 11.6 Å². The Kier molecular flexibility index (Phi) is 3.90. The summed E-state index contributed by atoms with van der Waals surface area (Å²) in [5, 5.41) is 0.638. The van der Waals surface area contributed by atoms with E-state index in [1.54, 1.807) is 0 Å². The lowest BCUT2D eigenvalue weighted by Gasteiger charge is -2.12. The van der Waals surface area contributed by atoms with Crippen LogP contribution in [-0.4, -0.2) is 0 Å². The molecule has 2 rings (SSSR count). The van der Waals surface area contributed by atoms with Crippen molar-refractivity contribution < 1.29 is 4.74 Å². The summed E-state index contributed by atoms with van der Waals surface area (Å²) in [6.45, 7) is 4.45. The fraction of sp³-hybridized carbons (Fsp3) is 0.200. The van der Waals surface area contributed by atoms with Gasteiger partial charge in [-0.2, -0.15) is 0 Å². The Bertz CT molecular complexity index is 546. The summed E-state index contributed by atoms with van der Waals surface area (Å²) in [5.41, 5.74) is 8.87. The zero-order valence-corrected chi connectivity index (χ0v) is 11.3. The van der Waals surface area contributed by atoms with Crippen molar-refractivity contribution in [1.29, 1.82) is 0 Å². The second-order valence-corrected chi connectivity index (χ2v) is 4.75. The summed E-state index contributed by atoms with van der Waals surface area (Å²) in [6.07, 6.45) is 0. The molecule has 94 valence electrons. The third-order valence-electron chi connectivity index (χ3n) is 2.70. The molecule has 2 nitrogen and oxygen atoms in total. The number of nitrogens with two attached hydrogens (primary N) is 1. The molecule has 0 unspecified atom stereocenters. The number of aryl methyl sites for hydroxylation is 2. The first kappa shape index (κ1) is 12.9. The Morgan fingerprint density at radius 1 is 1.11 bits per heavy atom. The van der Waals surface area contributed by atoms with Gasteiger partial charge in [0.2, 0.25) is 0 Å². The van der Waals surface area contributed by atoms with Gasteiger partial charge in [-0.15, -0.1) is 0 Å². The summed E-state index contributed by atoms with van der Waals surface area (Å²) >= 11 is 6.10. The topological polar surface area (TPSA) is 35.2 Å². The van der Waals surface area contributed by atoms with Crippen molar-refractivity contribution in [3.63, 3.8) is 0 Å². The Balaban J connectivity index is 2.36.